The monoisotopic (exact) mass is 350 g/mol. The average Bonchev–Trinajstić information content (AvgIpc) is 2.91. The molecule has 1 heterocycles. The molecule has 0 fully saturated rings. The number of methoxy groups -OCH3 is 2. The van der Waals surface area contributed by atoms with Gasteiger partial charge < -0.3 is 19.8 Å². The molecule has 0 spiro atoms. The largest absolute Gasteiger partial charge is 0.465 e. The number of anilines is 1. The summed E-state index contributed by atoms with van der Waals surface area (Å²) in [6.45, 7) is 1.59. The van der Waals surface area contributed by atoms with Crippen LogP contribution < -0.4 is 10.2 Å². The fourth-order valence-electron chi connectivity index (χ4n) is 1.98. The molecule has 2 aromatic rings. The Kier molecular flexibility index (Phi) is 5.14. The summed E-state index contributed by atoms with van der Waals surface area (Å²) in [6.07, 6.45) is 0. The minimum Gasteiger partial charge on any atom is -0.465 e. The lowest BCUT2D eigenvalue weighted by atomic mass is 10.1. The fourth-order valence-corrected chi connectivity index (χ4v) is 2.72. The molecule has 0 bridgehead atoms. The van der Waals surface area contributed by atoms with E-state index in [1.54, 1.807) is 6.92 Å². The number of nitrogens with one attached hydrogen (secondary N) is 2. The predicted octanol–water partition coefficient (Wildman–Crippen LogP) is 1.57. The second kappa shape index (κ2) is 7.09. The fraction of sp³-hybridized carbons (Fsp3) is 0.200. The van der Waals surface area contributed by atoms with Crippen molar-refractivity contribution in [1.82, 2.24) is 4.98 Å². The molecule has 24 heavy (non-hydrogen) atoms. The molecule has 1 aromatic carbocycles. The van der Waals surface area contributed by atoms with Crippen LogP contribution in [0.1, 0.15) is 36.1 Å². The highest BCUT2D eigenvalue weighted by Crippen LogP contribution is 2.19. The molecule has 0 aliphatic carbocycles. The van der Waals surface area contributed by atoms with Crippen LogP contribution in [0.2, 0.25) is 0 Å². The summed E-state index contributed by atoms with van der Waals surface area (Å²) in [5.41, 5.74) is 0.785. The summed E-state index contributed by atoms with van der Waals surface area (Å²) < 4.78 is 9.25. The Morgan fingerprint density at radius 1 is 1.04 bits per heavy atom. The average molecular weight is 350 g/mol. The SMILES string of the molecule is COC(=O)c1cc(NC(=O)c2sc(=O)[nH]c2C)cc(C(=O)OC)c1. The van der Waals surface area contributed by atoms with Crippen LogP contribution in [0.4, 0.5) is 5.69 Å². The molecular formula is C15H14N2O6S. The molecule has 0 unspecified atom stereocenters. The molecule has 8 nitrogen and oxygen atoms in total. The number of H-pyrrole nitrogens is 1. The lowest BCUT2D eigenvalue weighted by molar-refractivity contribution is 0.0599. The number of carbonyl (C=O) groups excluding carboxylic acids is 3. The van der Waals surface area contributed by atoms with Crippen molar-refractivity contribution in [3.05, 3.63) is 49.6 Å². The van der Waals surface area contributed by atoms with Gasteiger partial charge in [-0.05, 0) is 25.1 Å². The number of aromatic amines is 1. The number of amides is 1. The number of ether oxygens (including phenoxy) is 2. The number of carbonyl (C=O) groups is 3. The lowest BCUT2D eigenvalue weighted by Gasteiger charge is -2.09. The Morgan fingerprint density at radius 2 is 1.58 bits per heavy atom. The van der Waals surface area contributed by atoms with Crippen molar-refractivity contribution in [2.24, 2.45) is 0 Å². The number of aryl methyl sites for hydroxylation is 1. The van der Waals surface area contributed by atoms with E-state index < -0.39 is 17.8 Å². The quantitative estimate of drug-likeness (QED) is 0.809. The Morgan fingerprint density at radius 3 is 2.00 bits per heavy atom. The number of aromatic nitrogens is 1. The molecule has 0 atom stereocenters. The van der Waals surface area contributed by atoms with Crippen molar-refractivity contribution < 1.29 is 23.9 Å². The Hall–Kier alpha value is -2.94. The molecule has 0 saturated heterocycles. The van der Waals surface area contributed by atoms with Crippen molar-refractivity contribution >= 4 is 34.9 Å². The third kappa shape index (κ3) is 3.69. The smallest absolute Gasteiger partial charge is 0.337 e. The molecule has 126 valence electrons. The number of rotatable bonds is 4. The second-order valence-electron chi connectivity index (χ2n) is 4.70. The van der Waals surface area contributed by atoms with Gasteiger partial charge in [0.1, 0.15) is 4.88 Å². The van der Waals surface area contributed by atoms with Crippen LogP contribution in [0.25, 0.3) is 0 Å². The summed E-state index contributed by atoms with van der Waals surface area (Å²) in [7, 11) is 2.40. The van der Waals surface area contributed by atoms with Gasteiger partial charge in [-0.3, -0.25) is 9.59 Å². The molecule has 9 heteroatoms. The van der Waals surface area contributed by atoms with E-state index in [-0.39, 0.29) is 26.6 Å². The zero-order chi connectivity index (χ0) is 17.9. The summed E-state index contributed by atoms with van der Waals surface area (Å²) in [5, 5.41) is 2.55. The Balaban J connectivity index is 2.39. The van der Waals surface area contributed by atoms with E-state index in [1.165, 1.54) is 32.4 Å². The van der Waals surface area contributed by atoms with E-state index in [0.717, 1.165) is 11.3 Å². The number of hydrogen-bond acceptors (Lipinski definition) is 7. The molecule has 1 aromatic heterocycles. The van der Waals surface area contributed by atoms with Crippen LogP contribution in [0, 0.1) is 6.92 Å². The highest BCUT2D eigenvalue weighted by atomic mass is 32.1. The van der Waals surface area contributed by atoms with Gasteiger partial charge in [-0.1, -0.05) is 11.3 Å². The zero-order valence-corrected chi connectivity index (χ0v) is 13.9. The van der Waals surface area contributed by atoms with Crippen molar-refractivity contribution in [3.8, 4) is 0 Å². The van der Waals surface area contributed by atoms with Gasteiger partial charge in [0.05, 0.1) is 25.3 Å². The van der Waals surface area contributed by atoms with Gasteiger partial charge in [0, 0.05) is 11.4 Å². The van der Waals surface area contributed by atoms with Crippen LogP contribution in [0.3, 0.4) is 0 Å². The third-order valence-corrected chi connectivity index (χ3v) is 4.05. The molecule has 0 aliphatic rings. The summed E-state index contributed by atoms with van der Waals surface area (Å²) in [5.74, 6) is -1.87. The maximum absolute atomic E-state index is 12.3. The van der Waals surface area contributed by atoms with Gasteiger partial charge in [0.15, 0.2) is 0 Å². The van der Waals surface area contributed by atoms with Gasteiger partial charge in [0.25, 0.3) is 5.91 Å². The molecule has 0 saturated carbocycles. The summed E-state index contributed by atoms with van der Waals surface area (Å²) >= 11 is 0.765. The second-order valence-corrected chi connectivity index (χ2v) is 5.69. The van der Waals surface area contributed by atoms with E-state index in [1.807, 2.05) is 0 Å². The van der Waals surface area contributed by atoms with Gasteiger partial charge in [-0.15, -0.1) is 0 Å². The van der Waals surface area contributed by atoms with E-state index in [9.17, 15) is 19.2 Å². The highest BCUT2D eigenvalue weighted by Gasteiger charge is 2.17. The standard InChI is InChI=1S/C15H14N2O6S/c1-7-11(24-15(21)16-7)12(18)17-10-5-8(13(19)22-2)4-9(6-10)14(20)23-3/h4-6H,1-3H3,(H,16,21)(H,17,18). The Labute approximate surface area is 140 Å². The normalized spacial score (nSPS) is 10.1. The minimum atomic E-state index is -0.668. The van der Waals surface area contributed by atoms with Crippen LogP contribution in [0.5, 0.6) is 0 Å². The highest BCUT2D eigenvalue weighted by molar-refractivity contribution is 7.11. The van der Waals surface area contributed by atoms with E-state index >= 15 is 0 Å². The van der Waals surface area contributed by atoms with Crippen LogP contribution in [-0.4, -0.2) is 37.0 Å². The first-order valence-electron chi connectivity index (χ1n) is 6.68. The summed E-state index contributed by atoms with van der Waals surface area (Å²) in [4.78, 5) is 49.3. The van der Waals surface area contributed by atoms with Crippen LogP contribution in [-0.2, 0) is 9.47 Å². The first-order valence-corrected chi connectivity index (χ1v) is 7.50. The Bertz CT molecular complexity index is 833. The van der Waals surface area contributed by atoms with E-state index in [4.69, 9.17) is 0 Å². The van der Waals surface area contributed by atoms with Gasteiger partial charge in [-0.2, -0.15) is 0 Å². The van der Waals surface area contributed by atoms with Crippen LogP contribution in [0.15, 0.2) is 23.0 Å². The predicted molar refractivity (Wildman–Crippen MR) is 86.8 cm³/mol. The van der Waals surface area contributed by atoms with E-state index in [0.29, 0.717) is 5.69 Å². The number of thiazole rings is 1. The molecule has 0 radical (unpaired) electrons. The molecule has 1 amide bonds. The summed E-state index contributed by atoms with van der Waals surface area (Å²) in [6, 6.07) is 4.02. The maximum atomic E-state index is 12.3. The molecular weight excluding hydrogens is 336 g/mol. The van der Waals surface area contributed by atoms with Gasteiger partial charge in [0.2, 0.25) is 0 Å². The van der Waals surface area contributed by atoms with Crippen LogP contribution >= 0.6 is 11.3 Å². The van der Waals surface area contributed by atoms with Crippen molar-refractivity contribution in [2.75, 3.05) is 19.5 Å². The minimum absolute atomic E-state index is 0.0784. The maximum Gasteiger partial charge on any atom is 0.337 e. The zero-order valence-electron chi connectivity index (χ0n) is 13.1. The molecule has 2 N–H and O–H groups in total. The van der Waals surface area contributed by atoms with Gasteiger partial charge >= 0.3 is 16.8 Å². The van der Waals surface area contributed by atoms with Crippen molar-refractivity contribution in [3.63, 3.8) is 0 Å². The number of benzene rings is 1. The third-order valence-electron chi connectivity index (χ3n) is 3.06. The van der Waals surface area contributed by atoms with Crippen molar-refractivity contribution in [2.45, 2.75) is 6.92 Å². The molecule has 0 aliphatic heterocycles. The first-order chi connectivity index (χ1) is 11.3. The molecule has 2 rings (SSSR count). The van der Waals surface area contributed by atoms with Crippen molar-refractivity contribution in [1.29, 1.82) is 0 Å². The van der Waals surface area contributed by atoms with E-state index in [2.05, 4.69) is 19.8 Å². The number of hydrogen-bond donors (Lipinski definition) is 2. The van der Waals surface area contributed by atoms with Gasteiger partial charge in [-0.25, -0.2) is 9.59 Å². The lowest BCUT2D eigenvalue weighted by Crippen LogP contribution is -2.14. The topological polar surface area (TPSA) is 115 Å². The first kappa shape index (κ1) is 17.4. The number of esters is 2.